The van der Waals surface area contributed by atoms with Crippen molar-refractivity contribution in [2.75, 3.05) is 6.54 Å². The molecule has 27 heavy (non-hydrogen) atoms. The summed E-state index contributed by atoms with van der Waals surface area (Å²) in [4.78, 5) is 11.6. The van der Waals surface area contributed by atoms with E-state index in [4.69, 9.17) is 4.52 Å². The number of benzene rings is 1. The summed E-state index contributed by atoms with van der Waals surface area (Å²) in [5.41, 5.74) is 3.40. The molecule has 2 aromatic heterocycles. The standard InChI is InChI=1S/C22H26N4O/c1-17-8-10-18(11-9-17)22-24-21(27-25-22)16-26-15-5-3-7-20(26)13-12-19-6-2-4-14-23-19/h2,4,6,8-11,14,20H,3,5,7,12-13,15-16H2,1H3. The van der Waals surface area contributed by atoms with Crippen LogP contribution in [0.15, 0.2) is 53.2 Å². The Balaban J connectivity index is 1.40. The van der Waals surface area contributed by atoms with E-state index in [0.29, 0.717) is 17.8 Å². The number of aromatic nitrogens is 3. The van der Waals surface area contributed by atoms with Gasteiger partial charge in [-0.25, -0.2) is 0 Å². The predicted octanol–water partition coefficient (Wildman–Crippen LogP) is 4.43. The molecule has 0 amide bonds. The van der Waals surface area contributed by atoms with E-state index in [9.17, 15) is 0 Å². The molecule has 5 heteroatoms. The Bertz CT molecular complexity index is 844. The number of piperidine rings is 1. The maximum Gasteiger partial charge on any atom is 0.241 e. The van der Waals surface area contributed by atoms with Crippen LogP contribution in [0.25, 0.3) is 11.4 Å². The fraction of sp³-hybridized carbons (Fsp3) is 0.409. The summed E-state index contributed by atoms with van der Waals surface area (Å²) >= 11 is 0. The minimum absolute atomic E-state index is 0.551. The largest absolute Gasteiger partial charge is 0.338 e. The lowest BCUT2D eigenvalue weighted by Crippen LogP contribution is -2.39. The van der Waals surface area contributed by atoms with Crippen LogP contribution in [0.5, 0.6) is 0 Å². The topological polar surface area (TPSA) is 55.1 Å². The van der Waals surface area contributed by atoms with Gasteiger partial charge in [-0.05, 0) is 51.3 Å². The highest BCUT2D eigenvalue weighted by molar-refractivity contribution is 5.54. The Labute approximate surface area is 160 Å². The zero-order chi connectivity index (χ0) is 18.5. The minimum Gasteiger partial charge on any atom is -0.338 e. The Morgan fingerprint density at radius 2 is 2.00 bits per heavy atom. The van der Waals surface area contributed by atoms with Gasteiger partial charge in [-0.2, -0.15) is 4.98 Å². The van der Waals surface area contributed by atoms with Crippen LogP contribution in [0.3, 0.4) is 0 Å². The first-order valence-corrected chi connectivity index (χ1v) is 9.81. The first kappa shape index (κ1) is 17.9. The molecule has 140 valence electrons. The smallest absolute Gasteiger partial charge is 0.241 e. The second-order valence-corrected chi connectivity index (χ2v) is 7.36. The van der Waals surface area contributed by atoms with Gasteiger partial charge < -0.3 is 4.52 Å². The summed E-state index contributed by atoms with van der Waals surface area (Å²) in [6, 6.07) is 14.9. The lowest BCUT2D eigenvalue weighted by Gasteiger charge is -2.34. The van der Waals surface area contributed by atoms with E-state index in [0.717, 1.165) is 31.5 Å². The monoisotopic (exact) mass is 362 g/mol. The van der Waals surface area contributed by atoms with Gasteiger partial charge in [0.05, 0.1) is 6.54 Å². The van der Waals surface area contributed by atoms with Gasteiger partial charge in [0.15, 0.2) is 0 Å². The maximum absolute atomic E-state index is 5.55. The first-order chi connectivity index (χ1) is 13.3. The average molecular weight is 362 g/mol. The van der Waals surface area contributed by atoms with Crippen LogP contribution in [-0.2, 0) is 13.0 Å². The molecule has 1 atom stereocenters. The number of pyridine rings is 1. The highest BCUT2D eigenvalue weighted by atomic mass is 16.5. The molecule has 3 heterocycles. The van der Waals surface area contributed by atoms with Crippen molar-refractivity contribution in [1.29, 1.82) is 0 Å². The Morgan fingerprint density at radius 3 is 2.81 bits per heavy atom. The molecule has 1 saturated heterocycles. The van der Waals surface area contributed by atoms with E-state index < -0.39 is 0 Å². The van der Waals surface area contributed by atoms with Crippen LogP contribution in [0, 0.1) is 6.92 Å². The summed E-state index contributed by atoms with van der Waals surface area (Å²) in [7, 11) is 0. The van der Waals surface area contributed by atoms with Crippen LogP contribution >= 0.6 is 0 Å². The van der Waals surface area contributed by atoms with E-state index in [1.807, 2.05) is 24.4 Å². The van der Waals surface area contributed by atoms with Gasteiger partial charge in [0.25, 0.3) is 0 Å². The molecule has 1 aromatic carbocycles. The van der Waals surface area contributed by atoms with Gasteiger partial charge in [-0.3, -0.25) is 9.88 Å². The van der Waals surface area contributed by atoms with E-state index in [1.54, 1.807) is 0 Å². The summed E-state index contributed by atoms with van der Waals surface area (Å²) in [6.07, 6.45) is 7.77. The van der Waals surface area contributed by atoms with Crippen LogP contribution in [0.4, 0.5) is 0 Å². The van der Waals surface area contributed by atoms with Gasteiger partial charge in [0, 0.05) is 23.5 Å². The molecule has 4 rings (SSSR count). The van der Waals surface area contributed by atoms with Crippen molar-refractivity contribution in [3.63, 3.8) is 0 Å². The van der Waals surface area contributed by atoms with Crippen molar-refractivity contribution >= 4 is 0 Å². The number of nitrogens with zero attached hydrogens (tertiary/aromatic N) is 4. The summed E-state index contributed by atoms with van der Waals surface area (Å²) in [5.74, 6) is 1.38. The maximum atomic E-state index is 5.55. The number of likely N-dealkylation sites (tertiary alicyclic amines) is 1. The van der Waals surface area contributed by atoms with Gasteiger partial charge in [-0.1, -0.05) is 47.5 Å². The number of aryl methyl sites for hydroxylation is 2. The summed E-state index contributed by atoms with van der Waals surface area (Å²) in [6.45, 7) is 3.90. The molecular weight excluding hydrogens is 336 g/mol. The van der Waals surface area contributed by atoms with Crippen molar-refractivity contribution < 1.29 is 4.52 Å². The molecule has 0 saturated carbocycles. The van der Waals surface area contributed by atoms with Crippen LogP contribution in [0.2, 0.25) is 0 Å². The van der Waals surface area contributed by atoms with E-state index >= 15 is 0 Å². The van der Waals surface area contributed by atoms with Crippen LogP contribution in [0.1, 0.15) is 42.8 Å². The molecular formula is C22H26N4O. The predicted molar refractivity (Wildman–Crippen MR) is 105 cm³/mol. The van der Waals surface area contributed by atoms with Crippen molar-refractivity contribution in [1.82, 2.24) is 20.0 Å². The van der Waals surface area contributed by atoms with Crippen LogP contribution < -0.4 is 0 Å². The Kier molecular flexibility index (Phi) is 5.58. The lowest BCUT2D eigenvalue weighted by atomic mass is 9.97. The Morgan fingerprint density at radius 1 is 1.11 bits per heavy atom. The first-order valence-electron chi connectivity index (χ1n) is 9.81. The fourth-order valence-corrected chi connectivity index (χ4v) is 3.77. The van der Waals surface area contributed by atoms with Crippen LogP contribution in [-0.4, -0.2) is 32.6 Å². The molecule has 3 aromatic rings. The van der Waals surface area contributed by atoms with Crippen molar-refractivity contribution in [3.8, 4) is 11.4 Å². The number of hydrogen-bond acceptors (Lipinski definition) is 5. The normalized spacial score (nSPS) is 17.9. The molecule has 5 nitrogen and oxygen atoms in total. The van der Waals surface area contributed by atoms with Crippen molar-refractivity contribution in [2.45, 2.75) is 51.6 Å². The van der Waals surface area contributed by atoms with Crippen molar-refractivity contribution in [3.05, 3.63) is 65.8 Å². The molecule has 0 radical (unpaired) electrons. The van der Waals surface area contributed by atoms with Gasteiger partial charge in [0.2, 0.25) is 11.7 Å². The molecule has 0 spiro atoms. The third-order valence-electron chi connectivity index (χ3n) is 5.33. The average Bonchev–Trinajstić information content (AvgIpc) is 3.17. The third-order valence-corrected chi connectivity index (χ3v) is 5.33. The van der Waals surface area contributed by atoms with E-state index in [-0.39, 0.29) is 0 Å². The molecule has 1 unspecified atom stereocenters. The second-order valence-electron chi connectivity index (χ2n) is 7.36. The zero-order valence-corrected chi connectivity index (χ0v) is 15.8. The number of hydrogen-bond donors (Lipinski definition) is 0. The van der Waals surface area contributed by atoms with E-state index in [1.165, 1.54) is 30.5 Å². The molecule has 1 aliphatic rings. The van der Waals surface area contributed by atoms with Gasteiger partial charge in [-0.15, -0.1) is 0 Å². The summed E-state index contributed by atoms with van der Waals surface area (Å²) in [5, 5.41) is 4.18. The zero-order valence-electron chi connectivity index (χ0n) is 15.8. The number of rotatable bonds is 6. The Hall–Kier alpha value is -2.53. The highest BCUT2D eigenvalue weighted by Gasteiger charge is 2.24. The third kappa shape index (κ3) is 4.61. The molecule has 0 N–H and O–H groups in total. The molecule has 1 aliphatic heterocycles. The summed E-state index contributed by atoms with van der Waals surface area (Å²) < 4.78 is 5.55. The second kappa shape index (κ2) is 8.44. The highest BCUT2D eigenvalue weighted by Crippen LogP contribution is 2.24. The minimum atomic E-state index is 0.551. The SMILES string of the molecule is Cc1ccc(-c2noc(CN3CCCCC3CCc3ccccn3)n2)cc1. The molecule has 1 fully saturated rings. The van der Waals surface area contributed by atoms with Gasteiger partial charge in [0.1, 0.15) is 0 Å². The van der Waals surface area contributed by atoms with Gasteiger partial charge >= 0.3 is 0 Å². The lowest BCUT2D eigenvalue weighted by molar-refractivity contribution is 0.117. The van der Waals surface area contributed by atoms with E-state index in [2.05, 4.69) is 51.2 Å². The molecule has 0 aliphatic carbocycles. The fourth-order valence-electron chi connectivity index (χ4n) is 3.77. The molecule has 0 bridgehead atoms. The quantitative estimate of drug-likeness (QED) is 0.649. The van der Waals surface area contributed by atoms with Crippen molar-refractivity contribution in [2.24, 2.45) is 0 Å².